The van der Waals surface area contributed by atoms with E-state index in [1.165, 1.54) is 24.4 Å². The second-order valence-corrected chi connectivity index (χ2v) is 5.31. The van der Waals surface area contributed by atoms with Gasteiger partial charge in [-0.15, -0.1) is 0 Å². The summed E-state index contributed by atoms with van der Waals surface area (Å²) in [5.41, 5.74) is 0.575. The maximum absolute atomic E-state index is 12.7. The highest BCUT2D eigenvalue weighted by Gasteiger charge is 2.14. The topological polar surface area (TPSA) is 62.2 Å². The van der Waals surface area contributed by atoms with Crippen LogP contribution in [0, 0.1) is 11.2 Å². The van der Waals surface area contributed by atoms with Gasteiger partial charge in [-0.25, -0.2) is 9.18 Å². The first-order chi connectivity index (χ1) is 9.26. The van der Waals surface area contributed by atoms with Gasteiger partial charge in [-0.2, -0.15) is 0 Å². The molecule has 0 bridgehead atoms. The normalized spacial score (nSPS) is 11.4. The summed E-state index contributed by atoms with van der Waals surface area (Å²) < 4.78 is 17.8. The highest BCUT2D eigenvalue weighted by molar-refractivity contribution is 5.94. The number of carbonyl (C=O) groups excluding carboxylic acids is 1. The zero-order chi connectivity index (χ0) is 15.2. The van der Waals surface area contributed by atoms with Crippen LogP contribution in [0.2, 0.25) is 0 Å². The molecule has 1 rings (SSSR count). The van der Waals surface area contributed by atoms with Gasteiger partial charge in [-0.3, -0.25) is 5.32 Å². The summed E-state index contributed by atoms with van der Waals surface area (Å²) in [5, 5.41) is 10.2. The maximum Gasteiger partial charge on any atom is 0.411 e. The Kier molecular flexibility index (Phi) is 5.43. The van der Waals surface area contributed by atoms with E-state index in [2.05, 4.69) is 5.32 Å². The van der Waals surface area contributed by atoms with Gasteiger partial charge in [0.1, 0.15) is 11.4 Å². The summed E-state index contributed by atoms with van der Waals surface area (Å²) in [7, 11) is 0. The molecule has 0 saturated carbocycles. The van der Waals surface area contributed by atoms with E-state index in [0.29, 0.717) is 12.1 Å². The summed E-state index contributed by atoms with van der Waals surface area (Å²) >= 11 is 0. The smallest absolute Gasteiger partial charge is 0.411 e. The van der Waals surface area contributed by atoms with Gasteiger partial charge in [0, 0.05) is 18.3 Å². The molecule has 1 aromatic rings. The molecule has 0 aliphatic heterocycles. The van der Waals surface area contributed by atoms with Gasteiger partial charge in [0.25, 0.3) is 0 Å². The number of rotatable bonds is 4. The van der Waals surface area contributed by atoms with Gasteiger partial charge in [0.15, 0.2) is 0 Å². The molecular formula is C15H19FN2O2. The minimum absolute atomic E-state index is 0.299. The third-order valence-electron chi connectivity index (χ3n) is 2.19. The third kappa shape index (κ3) is 6.68. The number of carbonyl (C=O) groups is 1. The highest BCUT2D eigenvalue weighted by atomic mass is 19.1. The third-order valence-corrected chi connectivity index (χ3v) is 2.19. The number of nitrogens with one attached hydrogen (secondary N) is 2. The fraction of sp³-hybridized carbons (Fsp3) is 0.333. The van der Waals surface area contributed by atoms with Crippen LogP contribution in [0.25, 0.3) is 0 Å². The highest BCUT2D eigenvalue weighted by Crippen LogP contribution is 2.06. The van der Waals surface area contributed by atoms with Crippen LogP contribution >= 0.6 is 0 Å². The van der Waals surface area contributed by atoms with E-state index in [0.717, 1.165) is 5.56 Å². The largest absolute Gasteiger partial charge is 0.444 e. The van der Waals surface area contributed by atoms with Crippen LogP contribution in [0.4, 0.5) is 9.18 Å². The predicted molar refractivity (Wildman–Crippen MR) is 76.3 cm³/mol. The van der Waals surface area contributed by atoms with Gasteiger partial charge < -0.3 is 10.1 Å². The Labute approximate surface area is 118 Å². The number of alkyl carbamates (subject to hydrolysis) is 1. The van der Waals surface area contributed by atoms with Crippen LogP contribution in [0.1, 0.15) is 26.3 Å². The van der Waals surface area contributed by atoms with E-state index >= 15 is 0 Å². The monoisotopic (exact) mass is 278 g/mol. The lowest BCUT2D eigenvalue weighted by Crippen LogP contribution is -2.29. The van der Waals surface area contributed by atoms with E-state index in [-0.39, 0.29) is 5.82 Å². The molecule has 20 heavy (non-hydrogen) atoms. The first kappa shape index (κ1) is 15.9. The second-order valence-electron chi connectivity index (χ2n) is 5.31. The molecule has 0 radical (unpaired) electrons. The van der Waals surface area contributed by atoms with Crippen LogP contribution in [0.5, 0.6) is 0 Å². The van der Waals surface area contributed by atoms with E-state index in [9.17, 15) is 9.18 Å². The Morgan fingerprint density at radius 2 is 1.95 bits per heavy atom. The van der Waals surface area contributed by atoms with Crippen molar-refractivity contribution in [3.63, 3.8) is 0 Å². The van der Waals surface area contributed by atoms with Crippen molar-refractivity contribution < 1.29 is 13.9 Å². The van der Waals surface area contributed by atoms with Crippen molar-refractivity contribution >= 4 is 11.8 Å². The molecule has 0 aliphatic carbocycles. The molecular weight excluding hydrogens is 259 g/mol. The summed E-state index contributed by atoms with van der Waals surface area (Å²) in [6.45, 7) is 5.31. The van der Waals surface area contributed by atoms with Crippen LogP contribution in [-0.4, -0.2) is 17.4 Å². The SMILES string of the molecule is CC(C)(C)OC(=O)N/C=C\C(=N)Cc1ccc(F)cc1. The summed E-state index contributed by atoms with van der Waals surface area (Å²) in [6.07, 6.45) is 2.63. The molecule has 0 spiro atoms. The van der Waals surface area contributed by atoms with Crippen molar-refractivity contribution in [3.8, 4) is 0 Å². The molecule has 0 fully saturated rings. The molecule has 0 aliphatic rings. The Morgan fingerprint density at radius 3 is 2.50 bits per heavy atom. The standard InChI is InChI=1S/C15H19FN2O2/c1-15(2,3)20-14(19)18-9-8-13(17)10-11-4-6-12(16)7-5-11/h4-9,17H,10H2,1-3H3,(H,18,19)/b9-8-,17-13?. The summed E-state index contributed by atoms with van der Waals surface area (Å²) in [4.78, 5) is 11.3. The zero-order valence-electron chi connectivity index (χ0n) is 11.9. The lowest BCUT2D eigenvalue weighted by molar-refractivity contribution is 0.0552. The lowest BCUT2D eigenvalue weighted by Gasteiger charge is -2.18. The fourth-order valence-corrected chi connectivity index (χ4v) is 1.40. The molecule has 1 amide bonds. The van der Waals surface area contributed by atoms with Gasteiger partial charge >= 0.3 is 6.09 Å². The van der Waals surface area contributed by atoms with E-state index in [1.807, 2.05) is 0 Å². The van der Waals surface area contributed by atoms with Crippen molar-refractivity contribution in [2.75, 3.05) is 0 Å². The Morgan fingerprint density at radius 1 is 1.35 bits per heavy atom. The van der Waals surface area contributed by atoms with Crippen LogP contribution in [-0.2, 0) is 11.2 Å². The average molecular weight is 278 g/mol. The molecule has 4 nitrogen and oxygen atoms in total. The van der Waals surface area contributed by atoms with Gasteiger partial charge in [0.2, 0.25) is 0 Å². The van der Waals surface area contributed by atoms with Gasteiger partial charge in [-0.1, -0.05) is 12.1 Å². The maximum atomic E-state index is 12.7. The molecule has 0 heterocycles. The number of allylic oxidation sites excluding steroid dienone is 1. The quantitative estimate of drug-likeness (QED) is 0.829. The predicted octanol–water partition coefficient (Wildman–Crippen LogP) is 3.43. The zero-order valence-corrected chi connectivity index (χ0v) is 11.9. The van der Waals surface area contributed by atoms with Crippen molar-refractivity contribution in [1.82, 2.24) is 5.32 Å². The fourth-order valence-electron chi connectivity index (χ4n) is 1.40. The molecule has 108 valence electrons. The van der Waals surface area contributed by atoms with Crippen molar-refractivity contribution in [2.45, 2.75) is 32.8 Å². The van der Waals surface area contributed by atoms with Crippen molar-refractivity contribution in [2.24, 2.45) is 0 Å². The van der Waals surface area contributed by atoms with Crippen molar-refractivity contribution in [1.29, 1.82) is 5.41 Å². The number of benzene rings is 1. The van der Waals surface area contributed by atoms with Crippen LogP contribution in [0.15, 0.2) is 36.5 Å². The van der Waals surface area contributed by atoms with Crippen molar-refractivity contribution in [3.05, 3.63) is 47.9 Å². The van der Waals surface area contributed by atoms with E-state index < -0.39 is 11.7 Å². The van der Waals surface area contributed by atoms with E-state index in [4.69, 9.17) is 10.1 Å². The molecule has 0 saturated heterocycles. The Balaban J connectivity index is 2.40. The number of ether oxygens (including phenoxy) is 1. The number of halogens is 1. The summed E-state index contributed by atoms with van der Waals surface area (Å²) in [6, 6.07) is 5.95. The molecule has 0 atom stereocenters. The molecule has 5 heteroatoms. The van der Waals surface area contributed by atoms with Gasteiger partial charge in [-0.05, 0) is 44.5 Å². The first-order valence-electron chi connectivity index (χ1n) is 6.24. The number of hydrogen-bond donors (Lipinski definition) is 2. The minimum atomic E-state index is -0.566. The summed E-state index contributed by atoms with van der Waals surface area (Å²) in [5.74, 6) is -0.303. The number of amides is 1. The Hall–Kier alpha value is -2.17. The second kappa shape index (κ2) is 6.84. The van der Waals surface area contributed by atoms with Crippen LogP contribution < -0.4 is 5.32 Å². The Bertz CT molecular complexity index is 502. The molecule has 0 aromatic heterocycles. The van der Waals surface area contributed by atoms with Gasteiger partial charge in [0.05, 0.1) is 0 Å². The van der Waals surface area contributed by atoms with E-state index in [1.54, 1.807) is 32.9 Å². The molecule has 1 aromatic carbocycles. The lowest BCUT2D eigenvalue weighted by atomic mass is 10.1. The molecule has 0 unspecified atom stereocenters. The van der Waals surface area contributed by atoms with Crippen LogP contribution in [0.3, 0.4) is 0 Å². The minimum Gasteiger partial charge on any atom is -0.444 e. The first-order valence-corrected chi connectivity index (χ1v) is 6.24. The molecule has 2 N–H and O–H groups in total. The average Bonchev–Trinajstić information content (AvgIpc) is 2.29. The number of hydrogen-bond acceptors (Lipinski definition) is 3.